The zero-order chi connectivity index (χ0) is 14.7. The first-order valence-corrected chi connectivity index (χ1v) is 6.12. The normalized spacial score (nSPS) is 10.2. The van der Waals surface area contributed by atoms with Gasteiger partial charge in [-0.25, -0.2) is 13.6 Å². The van der Waals surface area contributed by atoms with Crippen molar-refractivity contribution >= 4 is 29.0 Å². The molecule has 2 N–H and O–H groups in total. The molecule has 0 saturated heterocycles. The number of nitrogens with one attached hydrogen (secondary N) is 2. The number of hydrogen-bond donors (Lipinski definition) is 2. The minimum Gasteiger partial charge on any atom is -0.308 e. The SMILES string of the molecule is Cc1ccc(NC(=O)Nc2cc(F)cc(F)c2)cc1Cl. The van der Waals surface area contributed by atoms with Gasteiger partial charge in [0, 0.05) is 22.5 Å². The molecule has 0 spiro atoms. The molecular weight excluding hydrogens is 286 g/mol. The van der Waals surface area contributed by atoms with E-state index in [1.807, 2.05) is 6.92 Å². The molecule has 0 saturated carbocycles. The Balaban J connectivity index is 2.06. The van der Waals surface area contributed by atoms with Gasteiger partial charge < -0.3 is 10.6 Å². The number of hydrogen-bond acceptors (Lipinski definition) is 1. The third-order valence-corrected chi connectivity index (χ3v) is 2.96. The van der Waals surface area contributed by atoms with Crippen LogP contribution in [0.2, 0.25) is 5.02 Å². The maximum Gasteiger partial charge on any atom is 0.323 e. The van der Waals surface area contributed by atoms with Gasteiger partial charge in [0.1, 0.15) is 11.6 Å². The fourth-order valence-corrected chi connectivity index (χ4v) is 1.77. The Bertz CT molecular complexity index is 641. The van der Waals surface area contributed by atoms with Crippen molar-refractivity contribution in [3.05, 3.63) is 58.6 Å². The first-order chi connectivity index (χ1) is 9.44. The number of benzene rings is 2. The molecule has 2 rings (SSSR count). The highest BCUT2D eigenvalue weighted by Gasteiger charge is 2.06. The van der Waals surface area contributed by atoms with Crippen molar-refractivity contribution in [3.8, 4) is 0 Å². The van der Waals surface area contributed by atoms with Gasteiger partial charge in [-0.1, -0.05) is 17.7 Å². The predicted molar refractivity (Wildman–Crippen MR) is 75.2 cm³/mol. The topological polar surface area (TPSA) is 41.1 Å². The minimum absolute atomic E-state index is 0.0261. The number of anilines is 2. The second-order valence-electron chi connectivity index (χ2n) is 4.20. The quantitative estimate of drug-likeness (QED) is 0.837. The first-order valence-electron chi connectivity index (χ1n) is 5.74. The summed E-state index contributed by atoms with van der Waals surface area (Å²) in [4.78, 5) is 11.7. The van der Waals surface area contributed by atoms with E-state index in [0.29, 0.717) is 10.7 Å². The Kier molecular flexibility index (Phi) is 4.20. The van der Waals surface area contributed by atoms with Crippen molar-refractivity contribution in [1.29, 1.82) is 0 Å². The van der Waals surface area contributed by atoms with Crippen LogP contribution in [-0.4, -0.2) is 6.03 Å². The molecule has 0 aliphatic rings. The van der Waals surface area contributed by atoms with Crippen LogP contribution in [0.25, 0.3) is 0 Å². The van der Waals surface area contributed by atoms with E-state index in [-0.39, 0.29) is 5.69 Å². The molecule has 2 aromatic rings. The summed E-state index contributed by atoms with van der Waals surface area (Å²) in [5.74, 6) is -1.53. The van der Waals surface area contributed by atoms with Crippen LogP contribution < -0.4 is 10.6 Å². The largest absolute Gasteiger partial charge is 0.323 e. The second kappa shape index (κ2) is 5.88. The molecule has 2 amide bonds. The maximum absolute atomic E-state index is 13.0. The molecule has 2 aromatic carbocycles. The molecule has 104 valence electrons. The summed E-state index contributed by atoms with van der Waals surface area (Å²) in [6.07, 6.45) is 0. The number of urea groups is 1. The van der Waals surface area contributed by atoms with Gasteiger partial charge >= 0.3 is 6.03 Å². The first kappa shape index (κ1) is 14.3. The summed E-state index contributed by atoms with van der Waals surface area (Å²) in [7, 11) is 0. The number of carbonyl (C=O) groups excluding carboxylic acids is 1. The number of halogens is 3. The van der Waals surface area contributed by atoms with E-state index in [1.165, 1.54) is 0 Å². The molecule has 0 aromatic heterocycles. The van der Waals surface area contributed by atoms with Crippen LogP contribution in [0.15, 0.2) is 36.4 Å². The Morgan fingerprint density at radius 3 is 2.20 bits per heavy atom. The average molecular weight is 297 g/mol. The van der Waals surface area contributed by atoms with E-state index < -0.39 is 17.7 Å². The van der Waals surface area contributed by atoms with E-state index in [4.69, 9.17) is 11.6 Å². The number of rotatable bonds is 2. The van der Waals surface area contributed by atoms with E-state index in [0.717, 1.165) is 23.8 Å². The van der Waals surface area contributed by atoms with Crippen LogP contribution in [0, 0.1) is 18.6 Å². The molecule has 3 nitrogen and oxygen atoms in total. The molecule has 20 heavy (non-hydrogen) atoms. The molecule has 0 atom stereocenters. The van der Waals surface area contributed by atoms with Gasteiger partial charge in [0.05, 0.1) is 0 Å². The van der Waals surface area contributed by atoms with Crippen molar-refractivity contribution in [2.45, 2.75) is 6.92 Å². The fourth-order valence-electron chi connectivity index (χ4n) is 1.59. The fraction of sp³-hybridized carbons (Fsp3) is 0.0714. The molecule has 0 unspecified atom stereocenters. The van der Waals surface area contributed by atoms with Crippen LogP contribution in [-0.2, 0) is 0 Å². The van der Waals surface area contributed by atoms with Crippen molar-refractivity contribution in [2.24, 2.45) is 0 Å². The zero-order valence-corrected chi connectivity index (χ0v) is 11.3. The molecule has 0 aliphatic heterocycles. The lowest BCUT2D eigenvalue weighted by Crippen LogP contribution is -2.19. The summed E-state index contributed by atoms with van der Waals surface area (Å²) in [6.45, 7) is 1.84. The lowest BCUT2D eigenvalue weighted by Gasteiger charge is -2.09. The highest BCUT2D eigenvalue weighted by Crippen LogP contribution is 2.20. The van der Waals surface area contributed by atoms with Gasteiger partial charge in [-0.2, -0.15) is 0 Å². The van der Waals surface area contributed by atoms with E-state index in [1.54, 1.807) is 18.2 Å². The van der Waals surface area contributed by atoms with Crippen molar-refractivity contribution < 1.29 is 13.6 Å². The van der Waals surface area contributed by atoms with E-state index >= 15 is 0 Å². The van der Waals surface area contributed by atoms with E-state index in [2.05, 4.69) is 10.6 Å². The molecule has 0 radical (unpaired) electrons. The summed E-state index contributed by atoms with van der Waals surface area (Å²) in [6, 6.07) is 7.16. The van der Waals surface area contributed by atoms with E-state index in [9.17, 15) is 13.6 Å². The minimum atomic E-state index is -0.765. The Morgan fingerprint density at radius 2 is 1.60 bits per heavy atom. The van der Waals surface area contributed by atoms with Gasteiger partial charge in [0.2, 0.25) is 0 Å². The monoisotopic (exact) mass is 296 g/mol. The molecule has 0 fully saturated rings. The van der Waals surface area contributed by atoms with Gasteiger partial charge in [-0.05, 0) is 36.8 Å². The average Bonchev–Trinajstić information content (AvgIpc) is 2.32. The van der Waals surface area contributed by atoms with Crippen molar-refractivity contribution in [1.82, 2.24) is 0 Å². The lowest BCUT2D eigenvalue weighted by atomic mass is 10.2. The molecule has 0 bridgehead atoms. The lowest BCUT2D eigenvalue weighted by molar-refractivity contribution is 0.262. The third kappa shape index (κ3) is 3.68. The Morgan fingerprint density at radius 1 is 1.00 bits per heavy atom. The standard InChI is InChI=1S/C14H11ClF2N2O/c1-8-2-3-11(7-13(8)15)18-14(20)19-12-5-9(16)4-10(17)6-12/h2-7H,1H3,(H2,18,19,20). The second-order valence-corrected chi connectivity index (χ2v) is 4.61. The van der Waals surface area contributed by atoms with Gasteiger partial charge in [-0.3, -0.25) is 0 Å². The van der Waals surface area contributed by atoms with Gasteiger partial charge in [-0.15, -0.1) is 0 Å². The van der Waals surface area contributed by atoms with Crippen LogP contribution >= 0.6 is 11.6 Å². The van der Waals surface area contributed by atoms with Crippen LogP contribution in [0.5, 0.6) is 0 Å². The summed E-state index contributed by atoms with van der Waals surface area (Å²) in [5, 5.41) is 5.36. The van der Waals surface area contributed by atoms with Gasteiger partial charge in [0.25, 0.3) is 0 Å². The van der Waals surface area contributed by atoms with Crippen LogP contribution in [0.1, 0.15) is 5.56 Å². The zero-order valence-electron chi connectivity index (χ0n) is 10.5. The van der Waals surface area contributed by atoms with Crippen molar-refractivity contribution in [3.63, 3.8) is 0 Å². The third-order valence-electron chi connectivity index (χ3n) is 2.55. The number of aryl methyl sites for hydroxylation is 1. The molecule has 0 aliphatic carbocycles. The van der Waals surface area contributed by atoms with Gasteiger partial charge in [0.15, 0.2) is 0 Å². The molecular formula is C14H11ClF2N2O. The highest BCUT2D eigenvalue weighted by atomic mass is 35.5. The maximum atomic E-state index is 13.0. The Hall–Kier alpha value is -2.14. The van der Waals surface area contributed by atoms with Crippen LogP contribution in [0.3, 0.4) is 0 Å². The van der Waals surface area contributed by atoms with Crippen LogP contribution in [0.4, 0.5) is 25.0 Å². The Labute approximate surface area is 119 Å². The smallest absolute Gasteiger partial charge is 0.308 e. The molecule has 6 heteroatoms. The number of amides is 2. The molecule has 0 heterocycles. The predicted octanol–water partition coefficient (Wildman–Crippen LogP) is 4.57. The summed E-state index contributed by atoms with van der Waals surface area (Å²) in [5.41, 5.74) is 1.39. The van der Waals surface area contributed by atoms with Crippen molar-refractivity contribution in [2.75, 3.05) is 10.6 Å². The summed E-state index contributed by atoms with van der Waals surface area (Å²) >= 11 is 5.93. The number of carbonyl (C=O) groups is 1. The highest BCUT2D eigenvalue weighted by molar-refractivity contribution is 6.31. The summed E-state index contributed by atoms with van der Waals surface area (Å²) < 4.78 is 25.9.